The summed E-state index contributed by atoms with van der Waals surface area (Å²) in [6.07, 6.45) is 1.46. The number of rotatable bonds is 7. The fourth-order valence-corrected chi connectivity index (χ4v) is 2.49. The quantitative estimate of drug-likeness (QED) is 0.588. The molecule has 9 nitrogen and oxygen atoms in total. The summed E-state index contributed by atoms with van der Waals surface area (Å²) in [6.45, 7) is -0.00473. The SMILES string of the molecule is CNC(=O)c1ccc(NC(=O)COC(=O)c2cn(Cc3ccccc3)nn2)cc1. The van der Waals surface area contributed by atoms with Crippen LogP contribution in [-0.2, 0) is 16.1 Å². The zero-order valence-electron chi connectivity index (χ0n) is 15.7. The first-order chi connectivity index (χ1) is 14.0. The first kappa shape index (κ1) is 19.7. The standard InChI is InChI=1S/C20H19N5O4/c1-21-19(27)15-7-9-16(10-8-15)22-18(26)13-29-20(28)17-12-25(24-23-17)11-14-5-3-2-4-6-14/h2-10,12H,11,13H2,1H3,(H,21,27)(H,22,26). The second-order valence-electron chi connectivity index (χ2n) is 6.07. The number of amides is 2. The van der Waals surface area contributed by atoms with Gasteiger partial charge in [0, 0.05) is 18.3 Å². The lowest BCUT2D eigenvalue weighted by atomic mass is 10.2. The lowest BCUT2D eigenvalue weighted by Gasteiger charge is -2.06. The Bertz CT molecular complexity index is 999. The number of benzene rings is 2. The molecule has 0 saturated heterocycles. The van der Waals surface area contributed by atoms with Crippen LogP contribution in [0, 0.1) is 0 Å². The highest BCUT2D eigenvalue weighted by molar-refractivity contribution is 5.96. The predicted octanol–water partition coefficient (Wildman–Crippen LogP) is 1.48. The number of nitrogens with zero attached hydrogens (tertiary/aromatic N) is 3. The number of hydrogen-bond acceptors (Lipinski definition) is 6. The molecule has 2 N–H and O–H groups in total. The van der Waals surface area contributed by atoms with Crippen molar-refractivity contribution in [2.24, 2.45) is 0 Å². The summed E-state index contributed by atoms with van der Waals surface area (Å²) in [5.74, 6) is -1.48. The highest BCUT2D eigenvalue weighted by atomic mass is 16.5. The van der Waals surface area contributed by atoms with E-state index in [1.807, 2.05) is 30.3 Å². The van der Waals surface area contributed by atoms with E-state index in [1.165, 1.54) is 17.9 Å². The molecule has 0 aliphatic carbocycles. The van der Waals surface area contributed by atoms with Crippen molar-refractivity contribution in [1.29, 1.82) is 0 Å². The topological polar surface area (TPSA) is 115 Å². The van der Waals surface area contributed by atoms with Crippen LogP contribution in [-0.4, -0.2) is 46.4 Å². The number of carbonyl (C=O) groups excluding carboxylic acids is 3. The summed E-state index contributed by atoms with van der Waals surface area (Å²) in [7, 11) is 1.53. The molecule has 3 aromatic rings. The van der Waals surface area contributed by atoms with Crippen LogP contribution in [0.1, 0.15) is 26.4 Å². The van der Waals surface area contributed by atoms with Crippen molar-refractivity contribution in [2.45, 2.75) is 6.54 Å². The fraction of sp³-hybridized carbons (Fsp3) is 0.150. The van der Waals surface area contributed by atoms with Crippen LogP contribution in [0.3, 0.4) is 0 Å². The van der Waals surface area contributed by atoms with Gasteiger partial charge in [-0.05, 0) is 29.8 Å². The summed E-state index contributed by atoms with van der Waals surface area (Å²) in [6, 6.07) is 15.9. The monoisotopic (exact) mass is 393 g/mol. The third-order valence-corrected chi connectivity index (χ3v) is 3.93. The Kier molecular flexibility index (Phi) is 6.31. The van der Waals surface area contributed by atoms with Gasteiger partial charge in [-0.15, -0.1) is 5.10 Å². The maximum atomic E-state index is 12.1. The fourth-order valence-electron chi connectivity index (χ4n) is 2.49. The number of hydrogen-bond donors (Lipinski definition) is 2. The molecular weight excluding hydrogens is 374 g/mol. The van der Waals surface area contributed by atoms with E-state index in [-0.39, 0.29) is 11.6 Å². The minimum absolute atomic E-state index is 0.0173. The molecule has 0 saturated carbocycles. The Labute approximate surface area is 166 Å². The minimum atomic E-state index is -0.741. The molecule has 0 unspecified atom stereocenters. The molecule has 0 spiro atoms. The molecule has 2 aromatic carbocycles. The van der Waals surface area contributed by atoms with E-state index in [4.69, 9.17) is 4.74 Å². The Morgan fingerprint density at radius 2 is 1.76 bits per heavy atom. The van der Waals surface area contributed by atoms with Gasteiger partial charge < -0.3 is 15.4 Å². The summed E-state index contributed by atoms with van der Waals surface area (Å²) in [4.78, 5) is 35.5. The van der Waals surface area contributed by atoms with E-state index < -0.39 is 18.5 Å². The molecule has 29 heavy (non-hydrogen) atoms. The van der Waals surface area contributed by atoms with E-state index >= 15 is 0 Å². The van der Waals surface area contributed by atoms with Crippen LogP contribution < -0.4 is 10.6 Å². The Morgan fingerprint density at radius 3 is 2.45 bits per heavy atom. The molecular formula is C20H19N5O4. The third-order valence-electron chi connectivity index (χ3n) is 3.93. The molecule has 1 heterocycles. The molecule has 0 atom stereocenters. The van der Waals surface area contributed by atoms with Crippen molar-refractivity contribution in [2.75, 3.05) is 19.0 Å². The zero-order chi connectivity index (χ0) is 20.6. The van der Waals surface area contributed by atoms with E-state index in [0.717, 1.165) is 5.56 Å². The number of anilines is 1. The number of ether oxygens (including phenoxy) is 1. The van der Waals surface area contributed by atoms with Crippen LogP contribution in [0.15, 0.2) is 60.8 Å². The van der Waals surface area contributed by atoms with Crippen LogP contribution in [0.2, 0.25) is 0 Å². The van der Waals surface area contributed by atoms with Gasteiger partial charge >= 0.3 is 5.97 Å². The molecule has 2 amide bonds. The third kappa shape index (κ3) is 5.48. The highest BCUT2D eigenvalue weighted by Crippen LogP contribution is 2.09. The lowest BCUT2D eigenvalue weighted by molar-refractivity contribution is -0.119. The van der Waals surface area contributed by atoms with Crippen molar-refractivity contribution >= 4 is 23.5 Å². The Hall–Kier alpha value is -4.01. The number of carbonyl (C=O) groups is 3. The molecule has 0 bridgehead atoms. The summed E-state index contributed by atoms with van der Waals surface area (Å²) >= 11 is 0. The van der Waals surface area contributed by atoms with Crippen molar-refractivity contribution in [3.8, 4) is 0 Å². The second kappa shape index (κ2) is 9.27. The van der Waals surface area contributed by atoms with E-state index in [1.54, 1.807) is 24.3 Å². The molecule has 3 rings (SSSR count). The highest BCUT2D eigenvalue weighted by Gasteiger charge is 2.15. The summed E-state index contributed by atoms with van der Waals surface area (Å²) in [5, 5.41) is 12.8. The maximum absolute atomic E-state index is 12.1. The molecule has 0 aliphatic heterocycles. The van der Waals surface area contributed by atoms with Gasteiger partial charge in [0.25, 0.3) is 11.8 Å². The van der Waals surface area contributed by atoms with Gasteiger partial charge in [0.15, 0.2) is 12.3 Å². The van der Waals surface area contributed by atoms with Crippen molar-refractivity contribution in [3.63, 3.8) is 0 Å². The normalized spacial score (nSPS) is 10.2. The molecule has 0 fully saturated rings. The van der Waals surface area contributed by atoms with E-state index in [2.05, 4.69) is 20.9 Å². The minimum Gasteiger partial charge on any atom is -0.451 e. The first-order valence-corrected chi connectivity index (χ1v) is 8.78. The van der Waals surface area contributed by atoms with Gasteiger partial charge in [0.1, 0.15) is 0 Å². The number of esters is 1. The molecule has 0 aliphatic rings. The van der Waals surface area contributed by atoms with Crippen molar-refractivity contribution in [3.05, 3.63) is 77.6 Å². The van der Waals surface area contributed by atoms with Gasteiger partial charge in [-0.2, -0.15) is 0 Å². The van der Waals surface area contributed by atoms with Gasteiger partial charge in [0.2, 0.25) is 0 Å². The van der Waals surface area contributed by atoms with Gasteiger partial charge in [-0.25, -0.2) is 9.48 Å². The number of nitrogens with one attached hydrogen (secondary N) is 2. The van der Waals surface area contributed by atoms with Crippen LogP contribution >= 0.6 is 0 Å². The number of aromatic nitrogens is 3. The van der Waals surface area contributed by atoms with Gasteiger partial charge in [-0.1, -0.05) is 35.5 Å². The van der Waals surface area contributed by atoms with Gasteiger partial charge in [-0.3, -0.25) is 9.59 Å². The van der Waals surface area contributed by atoms with Crippen LogP contribution in [0.25, 0.3) is 0 Å². The van der Waals surface area contributed by atoms with Crippen molar-refractivity contribution < 1.29 is 19.1 Å². The Morgan fingerprint density at radius 1 is 1.03 bits per heavy atom. The zero-order valence-corrected chi connectivity index (χ0v) is 15.7. The molecule has 0 radical (unpaired) electrons. The lowest BCUT2D eigenvalue weighted by Crippen LogP contribution is -2.21. The molecule has 148 valence electrons. The van der Waals surface area contributed by atoms with Crippen LogP contribution in [0.5, 0.6) is 0 Å². The average molecular weight is 393 g/mol. The average Bonchev–Trinajstić information content (AvgIpc) is 3.21. The van der Waals surface area contributed by atoms with E-state index in [0.29, 0.717) is 17.8 Å². The Balaban J connectivity index is 1.49. The summed E-state index contributed by atoms with van der Waals surface area (Å²) in [5.41, 5.74) is 1.98. The largest absolute Gasteiger partial charge is 0.451 e. The van der Waals surface area contributed by atoms with Crippen LogP contribution in [0.4, 0.5) is 5.69 Å². The first-order valence-electron chi connectivity index (χ1n) is 8.78. The molecule has 9 heteroatoms. The summed E-state index contributed by atoms with van der Waals surface area (Å²) < 4.78 is 6.49. The second-order valence-corrected chi connectivity index (χ2v) is 6.07. The smallest absolute Gasteiger partial charge is 0.361 e. The van der Waals surface area contributed by atoms with Gasteiger partial charge in [0.05, 0.1) is 12.7 Å². The maximum Gasteiger partial charge on any atom is 0.361 e. The van der Waals surface area contributed by atoms with E-state index in [9.17, 15) is 14.4 Å². The molecule has 1 aromatic heterocycles. The van der Waals surface area contributed by atoms with Crippen molar-refractivity contribution in [1.82, 2.24) is 20.3 Å². The predicted molar refractivity (Wildman–Crippen MR) is 104 cm³/mol.